The van der Waals surface area contributed by atoms with Gasteiger partial charge in [0.25, 0.3) is 5.91 Å². The van der Waals surface area contributed by atoms with Gasteiger partial charge >= 0.3 is 0 Å². The van der Waals surface area contributed by atoms with Crippen LogP contribution in [-0.2, 0) is 0 Å². The van der Waals surface area contributed by atoms with Gasteiger partial charge < -0.3 is 5.32 Å². The third-order valence-electron chi connectivity index (χ3n) is 2.25. The number of carbonyl (C=O) groups is 1. The van der Waals surface area contributed by atoms with Crippen molar-refractivity contribution in [2.24, 2.45) is 0 Å². The summed E-state index contributed by atoms with van der Waals surface area (Å²) in [6.45, 7) is 4.62. The van der Waals surface area contributed by atoms with Crippen LogP contribution in [0.2, 0.25) is 0 Å². The number of benzene rings is 1. The van der Waals surface area contributed by atoms with Crippen molar-refractivity contribution >= 4 is 21.8 Å². The Hall–Kier alpha value is -1.09. The molecule has 1 aromatic carbocycles. The monoisotopic (exact) mass is 281 g/mol. The number of hydrogen-bond acceptors (Lipinski definition) is 1. The molecule has 0 aromatic heterocycles. The maximum atomic E-state index is 11.7. The summed E-state index contributed by atoms with van der Waals surface area (Å²) >= 11 is 3.41. The van der Waals surface area contributed by atoms with Crippen molar-refractivity contribution < 1.29 is 4.79 Å². The standard InChI is InChI=1S/C13H16BrNO/c1-3-4-5-8-15-13(16)11-6-7-12(14)10(2)9-11/h3-4,6-7,9H,5,8H2,1-2H3,(H,15,16)/b4-3+. The van der Waals surface area contributed by atoms with E-state index in [-0.39, 0.29) is 5.91 Å². The van der Waals surface area contributed by atoms with Crippen LogP contribution in [0.4, 0.5) is 0 Å². The molecule has 16 heavy (non-hydrogen) atoms. The topological polar surface area (TPSA) is 29.1 Å². The highest BCUT2D eigenvalue weighted by Crippen LogP contribution is 2.16. The molecule has 0 fully saturated rings. The maximum absolute atomic E-state index is 11.7. The number of allylic oxidation sites excluding steroid dienone is 1. The van der Waals surface area contributed by atoms with E-state index in [4.69, 9.17) is 0 Å². The molecule has 1 aromatic rings. The Morgan fingerprint density at radius 2 is 2.25 bits per heavy atom. The number of carbonyl (C=O) groups excluding carboxylic acids is 1. The molecule has 0 unspecified atom stereocenters. The molecule has 0 atom stereocenters. The second kappa shape index (κ2) is 6.48. The third kappa shape index (κ3) is 3.81. The SMILES string of the molecule is C/C=C/CCNC(=O)c1ccc(Br)c(C)c1. The average Bonchev–Trinajstić information content (AvgIpc) is 2.28. The number of amides is 1. The van der Waals surface area contributed by atoms with Crippen molar-refractivity contribution in [2.45, 2.75) is 20.3 Å². The molecule has 0 saturated heterocycles. The molecule has 3 heteroatoms. The summed E-state index contributed by atoms with van der Waals surface area (Å²) in [7, 11) is 0. The summed E-state index contributed by atoms with van der Waals surface area (Å²) in [6, 6.07) is 5.60. The van der Waals surface area contributed by atoms with Gasteiger partial charge in [-0.15, -0.1) is 0 Å². The average molecular weight is 282 g/mol. The van der Waals surface area contributed by atoms with Gasteiger partial charge in [0.05, 0.1) is 0 Å². The summed E-state index contributed by atoms with van der Waals surface area (Å²) in [4.78, 5) is 11.7. The normalized spacial score (nSPS) is 10.7. The van der Waals surface area contributed by atoms with E-state index in [0.29, 0.717) is 12.1 Å². The number of aryl methyl sites for hydroxylation is 1. The second-order valence-electron chi connectivity index (χ2n) is 3.58. The van der Waals surface area contributed by atoms with Gasteiger partial charge in [-0.3, -0.25) is 4.79 Å². The third-order valence-corrected chi connectivity index (χ3v) is 3.14. The number of hydrogen-bond donors (Lipinski definition) is 1. The molecule has 0 aliphatic rings. The molecule has 0 bridgehead atoms. The van der Waals surface area contributed by atoms with E-state index in [0.717, 1.165) is 16.5 Å². The first-order chi connectivity index (χ1) is 7.65. The molecule has 0 radical (unpaired) electrons. The minimum absolute atomic E-state index is 0.0138. The molecule has 1 N–H and O–H groups in total. The fourth-order valence-corrected chi connectivity index (χ4v) is 1.57. The molecular formula is C13H16BrNO. The van der Waals surface area contributed by atoms with Gasteiger partial charge in [-0.2, -0.15) is 0 Å². The first kappa shape index (κ1) is 13.0. The molecular weight excluding hydrogens is 266 g/mol. The lowest BCUT2D eigenvalue weighted by Gasteiger charge is -2.05. The van der Waals surface area contributed by atoms with Crippen LogP contribution in [-0.4, -0.2) is 12.5 Å². The van der Waals surface area contributed by atoms with Crippen LogP contribution in [0.3, 0.4) is 0 Å². The smallest absolute Gasteiger partial charge is 0.251 e. The largest absolute Gasteiger partial charge is 0.352 e. The van der Waals surface area contributed by atoms with Crippen molar-refractivity contribution in [3.8, 4) is 0 Å². The fraction of sp³-hybridized carbons (Fsp3) is 0.308. The molecule has 1 rings (SSSR count). The predicted octanol–water partition coefficient (Wildman–Crippen LogP) is 3.45. The Balaban J connectivity index is 2.56. The van der Waals surface area contributed by atoms with Gasteiger partial charge in [-0.1, -0.05) is 28.1 Å². The number of rotatable bonds is 4. The summed E-state index contributed by atoms with van der Waals surface area (Å²) in [5.41, 5.74) is 1.78. The lowest BCUT2D eigenvalue weighted by molar-refractivity contribution is 0.0954. The highest BCUT2D eigenvalue weighted by molar-refractivity contribution is 9.10. The Kier molecular flexibility index (Phi) is 5.26. The number of nitrogens with one attached hydrogen (secondary N) is 1. The second-order valence-corrected chi connectivity index (χ2v) is 4.43. The van der Waals surface area contributed by atoms with Gasteiger partial charge in [0, 0.05) is 16.6 Å². The lowest BCUT2D eigenvalue weighted by Crippen LogP contribution is -2.24. The molecule has 0 saturated carbocycles. The van der Waals surface area contributed by atoms with Gasteiger partial charge in [-0.25, -0.2) is 0 Å². The first-order valence-electron chi connectivity index (χ1n) is 5.30. The molecule has 0 spiro atoms. The van der Waals surface area contributed by atoms with E-state index < -0.39 is 0 Å². The zero-order chi connectivity index (χ0) is 12.0. The Morgan fingerprint density at radius 1 is 1.50 bits per heavy atom. The zero-order valence-electron chi connectivity index (χ0n) is 9.59. The van der Waals surface area contributed by atoms with E-state index in [1.54, 1.807) is 0 Å². The molecule has 1 amide bonds. The summed E-state index contributed by atoms with van der Waals surface area (Å²) in [6.07, 6.45) is 4.89. The summed E-state index contributed by atoms with van der Waals surface area (Å²) in [5, 5.41) is 2.87. The molecule has 2 nitrogen and oxygen atoms in total. The van der Waals surface area contributed by atoms with Crippen molar-refractivity contribution in [3.63, 3.8) is 0 Å². The minimum Gasteiger partial charge on any atom is -0.352 e. The van der Waals surface area contributed by atoms with Crippen LogP contribution in [0.5, 0.6) is 0 Å². The van der Waals surface area contributed by atoms with Crippen LogP contribution in [0.1, 0.15) is 29.3 Å². The van der Waals surface area contributed by atoms with Gasteiger partial charge in [-0.05, 0) is 44.0 Å². The summed E-state index contributed by atoms with van der Waals surface area (Å²) < 4.78 is 1.03. The Labute approximate surface area is 105 Å². The van der Waals surface area contributed by atoms with E-state index in [1.165, 1.54) is 0 Å². The molecule has 0 heterocycles. The highest BCUT2D eigenvalue weighted by atomic mass is 79.9. The van der Waals surface area contributed by atoms with Crippen LogP contribution >= 0.6 is 15.9 Å². The quantitative estimate of drug-likeness (QED) is 0.665. The van der Waals surface area contributed by atoms with Crippen molar-refractivity contribution in [1.29, 1.82) is 0 Å². The van der Waals surface area contributed by atoms with Gasteiger partial charge in [0.1, 0.15) is 0 Å². The molecule has 0 aliphatic heterocycles. The van der Waals surface area contributed by atoms with Gasteiger partial charge in [0.2, 0.25) is 0 Å². The van der Waals surface area contributed by atoms with Crippen molar-refractivity contribution in [2.75, 3.05) is 6.54 Å². The van der Waals surface area contributed by atoms with Crippen molar-refractivity contribution in [1.82, 2.24) is 5.32 Å². The lowest BCUT2D eigenvalue weighted by atomic mass is 10.1. The Bertz CT molecular complexity index is 399. The van der Waals surface area contributed by atoms with Crippen LogP contribution < -0.4 is 5.32 Å². The minimum atomic E-state index is -0.0138. The van der Waals surface area contributed by atoms with Gasteiger partial charge in [0.15, 0.2) is 0 Å². The highest BCUT2D eigenvalue weighted by Gasteiger charge is 2.05. The van der Waals surface area contributed by atoms with Crippen molar-refractivity contribution in [3.05, 3.63) is 46.0 Å². The van der Waals surface area contributed by atoms with Crippen LogP contribution in [0, 0.1) is 6.92 Å². The fourth-order valence-electron chi connectivity index (χ4n) is 1.32. The molecule has 0 aliphatic carbocycles. The zero-order valence-corrected chi connectivity index (χ0v) is 11.2. The summed E-state index contributed by atoms with van der Waals surface area (Å²) in [5.74, 6) is -0.0138. The number of halogens is 1. The van der Waals surface area contributed by atoms with E-state index in [1.807, 2.05) is 44.2 Å². The van der Waals surface area contributed by atoms with E-state index >= 15 is 0 Å². The predicted molar refractivity (Wildman–Crippen MR) is 70.6 cm³/mol. The molecule has 86 valence electrons. The van der Waals surface area contributed by atoms with Crippen LogP contribution in [0.25, 0.3) is 0 Å². The maximum Gasteiger partial charge on any atom is 0.251 e. The van der Waals surface area contributed by atoms with E-state index in [9.17, 15) is 4.79 Å². The van der Waals surface area contributed by atoms with E-state index in [2.05, 4.69) is 21.2 Å². The van der Waals surface area contributed by atoms with Crippen LogP contribution in [0.15, 0.2) is 34.8 Å². The first-order valence-corrected chi connectivity index (χ1v) is 6.10. The Morgan fingerprint density at radius 3 is 2.88 bits per heavy atom.